The Hall–Kier alpha value is -3.07. The van der Waals surface area contributed by atoms with Gasteiger partial charge in [0.2, 0.25) is 15.9 Å². The van der Waals surface area contributed by atoms with Gasteiger partial charge in [0.1, 0.15) is 5.82 Å². The van der Waals surface area contributed by atoms with Crippen molar-refractivity contribution in [1.29, 1.82) is 0 Å². The number of halogens is 1. The van der Waals surface area contributed by atoms with Crippen LogP contribution in [0.5, 0.6) is 0 Å². The topological polar surface area (TPSA) is 87.3 Å². The molecule has 0 heterocycles. The first-order valence-corrected chi connectivity index (χ1v) is 16.2. The maximum absolute atomic E-state index is 13.7. The molecule has 1 fully saturated rings. The molecule has 3 aromatic rings. The molecule has 2 aliphatic rings. The van der Waals surface area contributed by atoms with Gasteiger partial charge in [0.05, 0.1) is 17.0 Å². The molecule has 2 atom stereocenters. The second-order valence-corrected chi connectivity index (χ2v) is 13.4. The third kappa shape index (κ3) is 7.85. The van der Waals surface area contributed by atoms with Crippen molar-refractivity contribution in [2.75, 3.05) is 0 Å². The van der Waals surface area contributed by atoms with Crippen molar-refractivity contribution in [2.24, 2.45) is 0 Å². The molecule has 8 heteroatoms. The summed E-state index contributed by atoms with van der Waals surface area (Å²) in [6.45, 7) is 4.94. The van der Waals surface area contributed by atoms with Crippen LogP contribution in [-0.2, 0) is 27.8 Å². The van der Waals surface area contributed by atoms with Gasteiger partial charge in [0.25, 0.3) is 0 Å². The van der Waals surface area contributed by atoms with Gasteiger partial charge in [0.15, 0.2) is 0 Å². The van der Waals surface area contributed by atoms with E-state index in [0.29, 0.717) is 11.6 Å². The second kappa shape index (κ2) is 13.9. The van der Waals surface area contributed by atoms with Gasteiger partial charge in [-0.25, -0.2) is 17.5 Å². The summed E-state index contributed by atoms with van der Waals surface area (Å²) in [4.78, 5) is 13.5. The molecule has 2 aliphatic carbocycles. The Labute approximate surface area is 250 Å². The first kappa shape index (κ1) is 31.9. The number of carbonyl (C=O) groups is 1. The fourth-order valence-electron chi connectivity index (χ4n) is 5.65. The van der Waals surface area contributed by atoms with E-state index >= 15 is 0 Å². The Bertz CT molecular complexity index is 1450. The Balaban J connectivity index is 0.00000405. The molecule has 0 unspecified atom stereocenters. The van der Waals surface area contributed by atoms with Gasteiger partial charge in [-0.3, -0.25) is 4.79 Å². The lowest BCUT2D eigenvalue weighted by Crippen LogP contribution is -2.36. The molecule has 0 spiro atoms. The minimum atomic E-state index is -3.93. The highest BCUT2D eigenvalue weighted by atomic mass is 32.2. The van der Waals surface area contributed by atoms with Crippen molar-refractivity contribution in [2.45, 2.75) is 102 Å². The van der Waals surface area contributed by atoms with E-state index < -0.39 is 21.9 Å². The maximum atomic E-state index is 13.7. The molecule has 42 heavy (non-hydrogen) atoms. The average molecular weight is 594 g/mol. The van der Waals surface area contributed by atoms with Crippen LogP contribution in [0.3, 0.4) is 0 Å². The predicted octanol–water partition coefficient (Wildman–Crippen LogP) is 6.83. The number of sulfonamides is 1. The minimum Gasteiger partial charge on any atom is -0.349 e. The zero-order valence-electron chi connectivity index (χ0n) is 23.8. The molecule has 0 bridgehead atoms. The van der Waals surface area contributed by atoms with Crippen LogP contribution in [0.2, 0.25) is 0 Å². The van der Waals surface area contributed by atoms with E-state index in [4.69, 9.17) is 0 Å². The van der Waals surface area contributed by atoms with Crippen LogP contribution in [0.4, 0.5) is 4.39 Å². The molecule has 1 amide bonds. The van der Waals surface area contributed by atoms with Gasteiger partial charge in [-0.1, -0.05) is 70.2 Å². The monoisotopic (exact) mass is 593 g/mol. The lowest BCUT2D eigenvalue weighted by molar-refractivity contribution is -0.122. The van der Waals surface area contributed by atoms with E-state index in [1.165, 1.54) is 54.7 Å². The number of nitrogens with one attached hydrogen (secondary N) is 3. The Morgan fingerprint density at radius 3 is 2.26 bits per heavy atom. The summed E-state index contributed by atoms with van der Waals surface area (Å²) < 4.78 is 43.0. The first-order chi connectivity index (χ1) is 19.7. The predicted molar refractivity (Wildman–Crippen MR) is 166 cm³/mol. The maximum Gasteiger partial charge on any atom is 0.241 e. The average Bonchev–Trinajstić information content (AvgIpc) is 2.92. The van der Waals surface area contributed by atoms with Gasteiger partial charge < -0.3 is 10.6 Å². The molecule has 1 saturated carbocycles. The smallest absolute Gasteiger partial charge is 0.241 e. The van der Waals surface area contributed by atoms with Crippen molar-refractivity contribution in [3.05, 3.63) is 100 Å². The number of carbonyl (C=O) groups excluding carboxylic acids is 1. The fourth-order valence-corrected chi connectivity index (χ4v) is 6.88. The minimum absolute atomic E-state index is 0. The van der Waals surface area contributed by atoms with Gasteiger partial charge in [-0.15, -0.1) is 0 Å². The standard InChI is InChI=1S/C33H40FN3O3S.CH4/c1-22(2)24-12-16-29(17-13-24)41(39,40)37-32(25-10-14-27(34)15-11-25)20-33(38)36-31-8-3-5-26-19-23(9-18-30(26)31)21-35-28-6-4-7-28;/h9-19,22,28,31-32,35,37H,3-8,20-21H2,1-2H3,(H,36,38);1H4/t31-,32-;/m1./s1. The van der Waals surface area contributed by atoms with Gasteiger partial charge in [-0.05, 0) is 90.1 Å². The highest BCUT2D eigenvalue weighted by Crippen LogP contribution is 2.31. The molecular weight excluding hydrogens is 549 g/mol. The molecule has 0 aromatic heterocycles. The van der Waals surface area contributed by atoms with Crippen LogP contribution in [-0.4, -0.2) is 20.4 Å². The SMILES string of the molecule is C.CC(C)c1ccc(S(=O)(=O)N[C@H](CC(=O)N[C@@H]2CCCc3cc(CNC4CCC4)ccc32)c2ccc(F)cc2)cc1. The lowest BCUT2D eigenvalue weighted by Gasteiger charge is -2.29. The van der Waals surface area contributed by atoms with Crippen LogP contribution in [0.15, 0.2) is 71.6 Å². The van der Waals surface area contributed by atoms with Crippen LogP contribution in [0.25, 0.3) is 0 Å². The normalized spacial score (nSPS) is 17.6. The molecule has 6 nitrogen and oxygen atoms in total. The summed E-state index contributed by atoms with van der Waals surface area (Å²) in [5.41, 5.74) is 5.20. The molecule has 226 valence electrons. The van der Waals surface area contributed by atoms with Crippen molar-refractivity contribution >= 4 is 15.9 Å². The van der Waals surface area contributed by atoms with E-state index in [2.05, 4.69) is 33.6 Å². The Morgan fingerprint density at radius 1 is 0.929 bits per heavy atom. The van der Waals surface area contributed by atoms with Crippen LogP contribution in [0, 0.1) is 5.82 Å². The number of fused-ring (bicyclic) bond motifs is 1. The number of rotatable bonds is 11. The van der Waals surface area contributed by atoms with Gasteiger partial charge in [-0.2, -0.15) is 0 Å². The van der Waals surface area contributed by atoms with Crippen LogP contribution < -0.4 is 15.4 Å². The molecular formula is C34H44FN3O3S. The van der Waals surface area contributed by atoms with Crippen molar-refractivity contribution < 1.29 is 17.6 Å². The fraction of sp³-hybridized carbons (Fsp3) is 0.441. The van der Waals surface area contributed by atoms with Crippen molar-refractivity contribution in [1.82, 2.24) is 15.4 Å². The first-order valence-electron chi connectivity index (χ1n) is 14.7. The summed E-state index contributed by atoms with van der Waals surface area (Å²) >= 11 is 0. The van der Waals surface area contributed by atoms with Crippen LogP contribution >= 0.6 is 0 Å². The van der Waals surface area contributed by atoms with E-state index in [9.17, 15) is 17.6 Å². The molecule has 3 N–H and O–H groups in total. The highest BCUT2D eigenvalue weighted by molar-refractivity contribution is 7.89. The van der Waals surface area contributed by atoms with Gasteiger partial charge >= 0.3 is 0 Å². The molecule has 0 aliphatic heterocycles. The molecule has 3 aromatic carbocycles. The lowest BCUT2D eigenvalue weighted by atomic mass is 9.86. The summed E-state index contributed by atoms with van der Waals surface area (Å²) in [6.07, 6.45) is 6.47. The quantitative estimate of drug-likeness (QED) is 0.227. The third-order valence-corrected chi connectivity index (χ3v) is 9.86. The number of hydrogen-bond acceptors (Lipinski definition) is 4. The number of amides is 1. The molecule has 5 rings (SSSR count). The Kier molecular flexibility index (Phi) is 10.6. The number of benzene rings is 3. The zero-order chi connectivity index (χ0) is 29.0. The largest absolute Gasteiger partial charge is 0.349 e. The van der Waals surface area contributed by atoms with E-state index in [1.807, 2.05) is 13.8 Å². The zero-order valence-corrected chi connectivity index (χ0v) is 24.6. The number of aryl methyl sites for hydroxylation is 1. The summed E-state index contributed by atoms with van der Waals surface area (Å²) in [7, 11) is -3.93. The van der Waals surface area contributed by atoms with E-state index in [-0.39, 0.29) is 36.6 Å². The van der Waals surface area contributed by atoms with Crippen molar-refractivity contribution in [3.63, 3.8) is 0 Å². The number of hydrogen-bond donors (Lipinski definition) is 3. The van der Waals surface area contributed by atoms with Gasteiger partial charge in [0, 0.05) is 19.0 Å². The summed E-state index contributed by atoms with van der Waals surface area (Å²) in [5, 5.41) is 6.77. The van der Waals surface area contributed by atoms with Crippen molar-refractivity contribution in [3.8, 4) is 0 Å². The summed E-state index contributed by atoms with van der Waals surface area (Å²) in [6, 6.07) is 18.5. The van der Waals surface area contributed by atoms with Crippen LogP contribution in [0.1, 0.15) is 106 Å². The molecule has 0 radical (unpaired) electrons. The second-order valence-electron chi connectivity index (χ2n) is 11.7. The van der Waals surface area contributed by atoms with E-state index in [0.717, 1.165) is 36.9 Å². The third-order valence-electron chi connectivity index (χ3n) is 8.37. The Morgan fingerprint density at radius 2 is 1.62 bits per heavy atom. The van der Waals surface area contributed by atoms with E-state index in [1.54, 1.807) is 24.3 Å². The molecule has 0 saturated heterocycles. The highest BCUT2D eigenvalue weighted by Gasteiger charge is 2.27. The summed E-state index contributed by atoms with van der Waals surface area (Å²) in [5.74, 6) is -0.410.